The van der Waals surface area contributed by atoms with Crippen molar-refractivity contribution in [3.8, 4) is 0 Å². The summed E-state index contributed by atoms with van der Waals surface area (Å²) in [6, 6.07) is 17.8. The van der Waals surface area contributed by atoms with Crippen molar-refractivity contribution in [2.75, 3.05) is 10.8 Å². The maximum Gasteiger partial charge on any atom is 0.264 e. The van der Waals surface area contributed by atoms with Crippen LogP contribution in [0.3, 0.4) is 0 Å². The number of hydrogen-bond donors (Lipinski definition) is 1. The van der Waals surface area contributed by atoms with Gasteiger partial charge in [0, 0.05) is 17.6 Å². The van der Waals surface area contributed by atoms with Gasteiger partial charge in [-0.15, -0.1) is 0 Å². The third-order valence-electron chi connectivity index (χ3n) is 7.75. The van der Waals surface area contributed by atoms with E-state index in [0.717, 1.165) is 46.7 Å². The third-order valence-corrected chi connectivity index (χ3v) is 10.1. The Morgan fingerprint density at radius 2 is 1.64 bits per heavy atom. The van der Waals surface area contributed by atoms with Gasteiger partial charge >= 0.3 is 0 Å². The average Bonchev–Trinajstić information content (AvgIpc) is 3.47. The molecule has 2 amide bonds. The summed E-state index contributed by atoms with van der Waals surface area (Å²) in [6.45, 7) is 5.22. The highest BCUT2D eigenvalue weighted by atomic mass is 35.5. The molecule has 3 aromatic carbocycles. The van der Waals surface area contributed by atoms with Crippen molar-refractivity contribution in [2.24, 2.45) is 0 Å². The van der Waals surface area contributed by atoms with Gasteiger partial charge in [0.2, 0.25) is 11.8 Å². The fourth-order valence-corrected chi connectivity index (χ4v) is 7.15. The number of sulfonamides is 1. The SMILES string of the molecule is CC[C@H](C(=O)NC1CCCC1)N(Cc1ccccc1C)C(=O)CN(c1cc(Cl)ccc1Cl)S(=O)(=O)c1ccc(C)cc1. The topological polar surface area (TPSA) is 86.8 Å². The van der Waals surface area contributed by atoms with Crippen LogP contribution < -0.4 is 9.62 Å². The van der Waals surface area contributed by atoms with Crippen molar-refractivity contribution < 1.29 is 18.0 Å². The molecule has 1 atom stereocenters. The molecule has 10 heteroatoms. The molecule has 7 nitrogen and oxygen atoms in total. The van der Waals surface area contributed by atoms with Gasteiger partial charge in [-0.05, 0) is 74.6 Å². The van der Waals surface area contributed by atoms with E-state index in [9.17, 15) is 18.0 Å². The number of nitrogens with one attached hydrogen (secondary N) is 1. The predicted molar refractivity (Wildman–Crippen MR) is 168 cm³/mol. The van der Waals surface area contributed by atoms with E-state index in [-0.39, 0.29) is 39.1 Å². The predicted octanol–water partition coefficient (Wildman–Crippen LogP) is 6.67. The largest absolute Gasteiger partial charge is 0.352 e. The summed E-state index contributed by atoms with van der Waals surface area (Å²) >= 11 is 12.8. The van der Waals surface area contributed by atoms with Crippen molar-refractivity contribution in [2.45, 2.75) is 76.4 Å². The lowest BCUT2D eigenvalue weighted by Gasteiger charge is -2.34. The van der Waals surface area contributed by atoms with Crippen LogP contribution in [0.1, 0.15) is 55.7 Å². The molecule has 42 heavy (non-hydrogen) atoms. The van der Waals surface area contributed by atoms with Gasteiger partial charge in [0.05, 0.1) is 15.6 Å². The maximum atomic E-state index is 14.3. The summed E-state index contributed by atoms with van der Waals surface area (Å²) in [4.78, 5) is 29.4. The molecule has 1 fully saturated rings. The van der Waals surface area contributed by atoms with Crippen molar-refractivity contribution >= 4 is 50.7 Å². The first-order valence-corrected chi connectivity index (χ1v) is 16.4. The number of halogens is 2. The highest BCUT2D eigenvalue weighted by molar-refractivity contribution is 7.92. The van der Waals surface area contributed by atoms with Crippen molar-refractivity contribution in [3.05, 3.63) is 93.5 Å². The fourth-order valence-electron chi connectivity index (χ4n) is 5.29. The number of hydrogen-bond acceptors (Lipinski definition) is 4. The van der Waals surface area contributed by atoms with Crippen molar-refractivity contribution in [1.82, 2.24) is 10.2 Å². The van der Waals surface area contributed by atoms with Gasteiger partial charge in [-0.1, -0.05) is 84.9 Å². The zero-order valence-electron chi connectivity index (χ0n) is 24.1. The molecule has 0 saturated heterocycles. The minimum Gasteiger partial charge on any atom is -0.352 e. The Bertz CT molecular complexity index is 1520. The highest BCUT2D eigenvalue weighted by Gasteiger charge is 2.35. The molecule has 0 spiro atoms. The second-order valence-electron chi connectivity index (χ2n) is 10.8. The molecule has 0 aromatic heterocycles. The molecular formula is C32H37Cl2N3O4S. The number of aryl methyl sites for hydroxylation is 2. The van der Waals surface area contributed by atoms with Gasteiger partial charge in [-0.2, -0.15) is 0 Å². The third kappa shape index (κ3) is 7.46. The molecule has 1 N–H and O–H groups in total. The first kappa shape index (κ1) is 31.9. The summed E-state index contributed by atoms with van der Waals surface area (Å²) < 4.78 is 29.1. The van der Waals surface area contributed by atoms with Gasteiger partial charge < -0.3 is 10.2 Å². The quantitative estimate of drug-likeness (QED) is 0.256. The molecule has 1 aliphatic rings. The second-order valence-corrected chi connectivity index (χ2v) is 13.5. The van der Waals surface area contributed by atoms with Crippen LogP contribution in [0.2, 0.25) is 10.0 Å². The van der Waals surface area contributed by atoms with Crippen molar-refractivity contribution in [3.63, 3.8) is 0 Å². The van der Waals surface area contributed by atoms with E-state index in [2.05, 4.69) is 5.32 Å². The molecule has 3 aromatic rings. The van der Waals surface area contributed by atoms with E-state index in [0.29, 0.717) is 6.42 Å². The number of benzene rings is 3. The lowest BCUT2D eigenvalue weighted by Crippen LogP contribution is -2.53. The molecule has 0 heterocycles. The maximum absolute atomic E-state index is 14.3. The van der Waals surface area contributed by atoms with E-state index >= 15 is 0 Å². The van der Waals surface area contributed by atoms with Crippen LogP contribution in [-0.4, -0.2) is 43.8 Å². The summed E-state index contributed by atoms with van der Waals surface area (Å²) in [5, 5.41) is 3.52. The number of carbonyl (C=O) groups excluding carboxylic acids is 2. The molecule has 4 rings (SSSR count). The second kappa shape index (κ2) is 13.9. The minimum atomic E-state index is -4.25. The molecule has 224 valence electrons. The van der Waals surface area contributed by atoms with Gasteiger partial charge in [0.25, 0.3) is 10.0 Å². The molecule has 1 aliphatic carbocycles. The van der Waals surface area contributed by atoms with Gasteiger partial charge in [0.1, 0.15) is 12.6 Å². The Labute approximate surface area is 258 Å². The molecular weight excluding hydrogens is 593 g/mol. The zero-order chi connectivity index (χ0) is 30.4. The number of nitrogens with zero attached hydrogens (tertiary/aromatic N) is 2. The summed E-state index contributed by atoms with van der Waals surface area (Å²) in [5.41, 5.74) is 2.80. The Kier molecular flexibility index (Phi) is 10.6. The van der Waals surface area contributed by atoms with Crippen LogP contribution in [0, 0.1) is 13.8 Å². The van der Waals surface area contributed by atoms with Crippen LogP contribution in [0.25, 0.3) is 0 Å². The van der Waals surface area contributed by atoms with Crippen LogP contribution in [0.4, 0.5) is 5.69 Å². The van der Waals surface area contributed by atoms with Crippen molar-refractivity contribution in [1.29, 1.82) is 0 Å². The lowest BCUT2D eigenvalue weighted by atomic mass is 10.1. The summed E-state index contributed by atoms with van der Waals surface area (Å²) in [7, 11) is -4.25. The number of anilines is 1. The van der Waals surface area contributed by atoms with Gasteiger partial charge in [0.15, 0.2) is 0 Å². The Morgan fingerprint density at radius 3 is 2.29 bits per heavy atom. The number of carbonyl (C=O) groups is 2. The Hall–Kier alpha value is -3.07. The van der Waals surface area contributed by atoms with Gasteiger partial charge in [-0.3, -0.25) is 13.9 Å². The Balaban J connectivity index is 1.75. The van der Waals surface area contributed by atoms with E-state index in [1.54, 1.807) is 18.2 Å². The van der Waals surface area contributed by atoms with E-state index in [4.69, 9.17) is 23.2 Å². The normalized spacial score (nSPS) is 14.4. The molecule has 0 bridgehead atoms. The van der Waals surface area contributed by atoms with E-state index in [1.165, 1.54) is 29.2 Å². The number of rotatable bonds is 11. The van der Waals surface area contributed by atoms with Crippen LogP contribution >= 0.6 is 23.2 Å². The van der Waals surface area contributed by atoms with Crippen LogP contribution in [-0.2, 0) is 26.2 Å². The average molecular weight is 631 g/mol. The van der Waals surface area contributed by atoms with Crippen LogP contribution in [0.15, 0.2) is 71.6 Å². The highest BCUT2D eigenvalue weighted by Crippen LogP contribution is 2.33. The monoisotopic (exact) mass is 629 g/mol. The zero-order valence-corrected chi connectivity index (χ0v) is 26.5. The molecule has 0 radical (unpaired) electrons. The van der Waals surface area contributed by atoms with Gasteiger partial charge in [-0.25, -0.2) is 8.42 Å². The first-order chi connectivity index (χ1) is 20.0. The molecule has 0 aliphatic heterocycles. The van der Waals surface area contributed by atoms with Crippen LogP contribution in [0.5, 0.6) is 0 Å². The van der Waals surface area contributed by atoms with E-state index in [1.807, 2.05) is 45.0 Å². The first-order valence-electron chi connectivity index (χ1n) is 14.2. The Morgan fingerprint density at radius 1 is 0.976 bits per heavy atom. The van der Waals surface area contributed by atoms with E-state index < -0.39 is 28.5 Å². The minimum absolute atomic E-state index is 0.00779. The lowest BCUT2D eigenvalue weighted by molar-refractivity contribution is -0.140. The number of amides is 2. The standard InChI is InChI=1S/C32H37Cl2N3O4S/c1-4-29(32(39)35-26-11-7-8-12-26)36(20-24-10-6-5-9-23(24)3)31(38)21-37(30-19-25(33)15-18-28(30)34)42(40,41)27-16-13-22(2)14-17-27/h5-6,9-10,13-19,26,29H,4,7-8,11-12,20-21H2,1-3H3,(H,35,39)/t29-/m1/s1. The smallest absolute Gasteiger partial charge is 0.264 e. The summed E-state index contributed by atoms with van der Waals surface area (Å²) in [6.07, 6.45) is 4.28. The molecule has 0 unspecified atom stereocenters. The fraction of sp³-hybridized carbons (Fsp3) is 0.375. The summed E-state index contributed by atoms with van der Waals surface area (Å²) in [5.74, 6) is -0.765. The molecule has 1 saturated carbocycles.